The van der Waals surface area contributed by atoms with E-state index in [-0.39, 0.29) is 30.4 Å². The molecule has 2 aliphatic rings. The van der Waals surface area contributed by atoms with E-state index in [9.17, 15) is 9.59 Å². The molecule has 1 saturated carbocycles. The van der Waals surface area contributed by atoms with Crippen LogP contribution in [-0.4, -0.2) is 81.9 Å². The maximum absolute atomic E-state index is 13.1. The monoisotopic (exact) mass is 574 g/mol. The first-order valence-electron chi connectivity index (χ1n) is 15.2. The van der Waals surface area contributed by atoms with Crippen molar-refractivity contribution in [3.05, 3.63) is 83.7 Å². The van der Waals surface area contributed by atoms with E-state index < -0.39 is 0 Å². The molecule has 224 valence electrons. The van der Waals surface area contributed by atoms with E-state index in [1.165, 1.54) is 0 Å². The summed E-state index contributed by atoms with van der Waals surface area (Å²) >= 11 is 0. The van der Waals surface area contributed by atoms with Gasteiger partial charge in [-0.15, -0.1) is 5.10 Å². The van der Waals surface area contributed by atoms with E-state index in [1.807, 2.05) is 54.2 Å². The number of amides is 2. The first kappa shape index (κ1) is 29.6. The zero-order valence-electron chi connectivity index (χ0n) is 24.4. The maximum atomic E-state index is 13.1. The number of benzene rings is 2. The molecule has 1 N–H and O–H groups in total. The minimum Gasteiger partial charge on any atom is -0.450 e. The molecule has 2 atom stereocenters. The molecule has 0 spiro atoms. The number of carbonyl (C=O) groups is 2. The smallest absolute Gasteiger partial charge is 0.409 e. The highest BCUT2D eigenvalue weighted by Crippen LogP contribution is 2.24. The van der Waals surface area contributed by atoms with Crippen molar-refractivity contribution in [1.29, 1.82) is 0 Å². The summed E-state index contributed by atoms with van der Waals surface area (Å²) in [5.41, 5.74) is 3.13. The summed E-state index contributed by atoms with van der Waals surface area (Å²) in [6.07, 6.45) is 6.69. The van der Waals surface area contributed by atoms with Crippen molar-refractivity contribution in [3.63, 3.8) is 0 Å². The fourth-order valence-electron chi connectivity index (χ4n) is 5.85. The van der Waals surface area contributed by atoms with Gasteiger partial charge in [0.1, 0.15) is 6.10 Å². The van der Waals surface area contributed by atoms with Crippen molar-refractivity contribution in [2.45, 2.75) is 70.2 Å². The first-order valence-corrected chi connectivity index (χ1v) is 15.2. The minimum absolute atomic E-state index is 0.0165. The van der Waals surface area contributed by atoms with Crippen LogP contribution in [0.25, 0.3) is 0 Å². The molecule has 3 aromatic rings. The van der Waals surface area contributed by atoms with Crippen LogP contribution in [0.5, 0.6) is 0 Å². The summed E-state index contributed by atoms with van der Waals surface area (Å²) in [7, 11) is 0. The zero-order chi connectivity index (χ0) is 29.1. The molecule has 0 bridgehead atoms. The van der Waals surface area contributed by atoms with Gasteiger partial charge < -0.3 is 19.7 Å². The van der Waals surface area contributed by atoms with Crippen molar-refractivity contribution in [3.8, 4) is 0 Å². The van der Waals surface area contributed by atoms with Gasteiger partial charge in [0.25, 0.3) is 0 Å². The van der Waals surface area contributed by atoms with Crippen molar-refractivity contribution in [1.82, 2.24) is 30.1 Å². The molecule has 0 unspecified atom stereocenters. The third-order valence-electron chi connectivity index (χ3n) is 8.11. The zero-order valence-corrected chi connectivity index (χ0v) is 24.4. The second kappa shape index (κ2) is 14.8. The number of piperazine rings is 1. The van der Waals surface area contributed by atoms with E-state index in [2.05, 4.69) is 44.8 Å². The lowest BCUT2D eigenvalue weighted by Gasteiger charge is -2.33. The Hall–Kier alpha value is -3.92. The minimum atomic E-state index is -0.374. The summed E-state index contributed by atoms with van der Waals surface area (Å²) in [5.74, 6) is 0. The molecular weight excluding hydrogens is 532 g/mol. The largest absolute Gasteiger partial charge is 0.450 e. The Morgan fingerprint density at radius 1 is 0.929 bits per heavy atom. The molecule has 1 aromatic heterocycles. The second-order valence-corrected chi connectivity index (χ2v) is 11.2. The van der Waals surface area contributed by atoms with Crippen LogP contribution in [0.1, 0.15) is 55.5 Å². The SMILES string of the molecule is CCOC(=O)N1CCN(Cc2cn([C@@H](Cc3ccccc3)[C@H](Cc3ccccc3)NC(=O)OC3CCCC3)nn2)CC1. The molecule has 2 aromatic carbocycles. The van der Waals surface area contributed by atoms with Crippen LogP contribution in [0.3, 0.4) is 0 Å². The van der Waals surface area contributed by atoms with E-state index in [0.29, 0.717) is 39.1 Å². The highest BCUT2D eigenvalue weighted by atomic mass is 16.6. The molecule has 1 aliphatic carbocycles. The number of nitrogens with one attached hydrogen (secondary N) is 1. The number of ether oxygens (including phenoxy) is 2. The molecule has 2 amide bonds. The van der Waals surface area contributed by atoms with Gasteiger partial charge in [0.15, 0.2) is 0 Å². The summed E-state index contributed by atoms with van der Waals surface area (Å²) in [6.45, 7) is 5.56. The summed E-state index contributed by atoms with van der Waals surface area (Å²) in [6, 6.07) is 20.0. The van der Waals surface area contributed by atoms with Crippen molar-refractivity contribution >= 4 is 12.2 Å². The molecule has 1 saturated heterocycles. The predicted octanol–water partition coefficient (Wildman–Crippen LogP) is 4.62. The third kappa shape index (κ3) is 8.31. The fraction of sp³-hybridized carbons (Fsp3) is 0.500. The van der Waals surface area contributed by atoms with Crippen molar-refractivity contribution < 1.29 is 19.1 Å². The Kier molecular flexibility index (Phi) is 10.4. The van der Waals surface area contributed by atoms with Crippen molar-refractivity contribution in [2.24, 2.45) is 0 Å². The van der Waals surface area contributed by atoms with E-state index in [1.54, 1.807) is 4.90 Å². The van der Waals surface area contributed by atoms with Gasteiger partial charge in [0, 0.05) is 32.7 Å². The van der Waals surface area contributed by atoms with Crippen LogP contribution in [-0.2, 0) is 28.9 Å². The molecule has 10 nitrogen and oxygen atoms in total. The molecule has 10 heteroatoms. The van der Waals surface area contributed by atoms with Gasteiger partial charge in [-0.25, -0.2) is 14.3 Å². The quantitative estimate of drug-likeness (QED) is 0.357. The molecule has 2 heterocycles. The Morgan fingerprint density at radius 2 is 1.57 bits per heavy atom. The van der Waals surface area contributed by atoms with Crippen LogP contribution >= 0.6 is 0 Å². The van der Waals surface area contributed by atoms with Gasteiger partial charge in [-0.05, 0) is 56.6 Å². The van der Waals surface area contributed by atoms with E-state index >= 15 is 0 Å². The number of nitrogens with zero attached hydrogens (tertiary/aromatic N) is 5. The topological polar surface area (TPSA) is 102 Å². The van der Waals surface area contributed by atoms with E-state index in [0.717, 1.165) is 55.6 Å². The van der Waals surface area contributed by atoms with Gasteiger partial charge in [0.05, 0.1) is 30.6 Å². The highest BCUT2D eigenvalue weighted by molar-refractivity contribution is 5.68. The highest BCUT2D eigenvalue weighted by Gasteiger charge is 2.30. The third-order valence-corrected chi connectivity index (χ3v) is 8.11. The normalized spacial score (nSPS) is 17.5. The number of rotatable bonds is 11. The summed E-state index contributed by atoms with van der Waals surface area (Å²) < 4.78 is 12.9. The number of carbonyl (C=O) groups excluding carboxylic acids is 2. The lowest BCUT2D eigenvalue weighted by Crippen LogP contribution is -2.48. The summed E-state index contributed by atoms with van der Waals surface area (Å²) in [4.78, 5) is 29.2. The molecule has 0 radical (unpaired) electrons. The van der Waals surface area contributed by atoms with Crippen LogP contribution in [0.2, 0.25) is 0 Å². The number of alkyl carbamates (subject to hydrolysis) is 1. The van der Waals surface area contributed by atoms with Gasteiger partial charge in [-0.3, -0.25) is 4.90 Å². The molecule has 1 aliphatic heterocycles. The Bertz CT molecular complexity index is 1260. The van der Waals surface area contributed by atoms with Gasteiger partial charge in [-0.2, -0.15) is 0 Å². The second-order valence-electron chi connectivity index (χ2n) is 11.2. The van der Waals surface area contributed by atoms with Crippen molar-refractivity contribution in [2.75, 3.05) is 32.8 Å². The van der Waals surface area contributed by atoms with Gasteiger partial charge in [0.2, 0.25) is 0 Å². The molecule has 42 heavy (non-hydrogen) atoms. The number of aromatic nitrogens is 3. The predicted molar refractivity (Wildman–Crippen MR) is 159 cm³/mol. The number of hydrogen-bond donors (Lipinski definition) is 1. The lowest BCUT2D eigenvalue weighted by molar-refractivity contribution is 0.0775. The first-order chi connectivity index (χ1) is 20.6. The van der Waals surface area contributed by atoms with Crippen LogP contribution < -0.4 is 5.32 Å². The van der Waals surface area contributed by atoms with Crippen LogP contribution in [0.4, 0.5) is 9.59 Å². The standard InChI is InChI=1S/C32H42N6O4/c1-2-41-32(40)37-19-17-36(18-20-37)23-27-24-38(35-34-27)30(22-26-13-7-4-8-14-26)29(21-25-11-5-3-6-12-25)33-31(39)42-28-15-9-10-16-28/h3-8,11-14,24,28-30H,2,9-10,15-23H2,1H3,(H,33,39)/t29-,30-/m0/s1. The van der Waals surface area contributed by atoms with Crippen LogP contribution in [0, 0.1) is 0 Å². The fourth-order valence-corrected chi connectivity index (χ4v) is 5.85. The summed E-state index contributed by atoms with van der Waals surface area (Å²) in [5, 5.41) is 12.3. The lowest BCUT2D eigenvalue weighted by atomic mass is 9.94. The Labute approximate surface area is 248 Å². The van der Waals surface area contributed by atoms with Crippen LogP contribution in [0.15, 0.2) is 66.9 Å². The Morgan fingerprint density at radius 3 is 2.21 bits per heavy atom. The Balaban J connectivity index is 1.33. The van der Waals surface area contributed by atoms with E-state index in [4.69, 9.17) is 9.47 Å². The maximum Gasteiger partial charge on any atom is 0.409 e. The molecular formula is C32H42N6O4. The van der Waals surface area contributed by atoms with Gasteiger partial charge >= 0.3 is 12.2 Å². The molecule has 2 fully saturated rings. The average Bonchev–Trinajstić information content (AvgIpc) is 3.70. The molecule has 5 rings (SSSR count). The number of hydrogen-bond acceptors (Lipinski definition) is 7. The van der Waals surface area contributed by atoms with Gasteiger partial charge in [-0.1, -0.05) is 65.9 Å². The average molecular weight is 575 g/mol.